The van der Waals surface area contributed by atoms with Crippen molar-refractivity contribution >= 4 is 18.5 Å². The second kappa shape index (κ2) is 7.09. The minimum atomic E-state index is -0.653. The second-order valence-corrected chi connectivity index (χ2v) is 4.38. The largest absolute Gasteiger partial charge is 0.343 e. The second-order valence-electron chi connectivity index (χ2n) is 4.38. The molecule has 7 nitrogen and oxygen atoms in total. The lowest BCUT2D eigenvalue weighted by molar-refractivity contribution is -0.110. The average Bonchev–Trinajstić information content (AvgIpc) is 3.05. The molecule has 1 N–H and O–H groups in total. The van der Waals surface area contributed by atoms with Crippen molar-refractivity contribution in [2.24, 2.45) is 0 Å². The quantitative estimate of drug-likeness (QED) is 0.750. The first kappa shape index (κ1) is 14.6. The van der Waals surface area contributed by atoms with Gasteiger partial charge in [-0.2, -0.15) is 0 Å². The summed E-state index contributed by atoms with van der Waals surface area (Å²) >= 11 is 0. The normalized spacial score (nSPS) is 11.6. The number of rotatable bonds is 7. The first-order valence-corrected chi connectivity index (χ1v) is 6.39. The Hall–Kier alpha value is -2.83. The van der Waals surface area contributed by atoms with Crippen LogP contribution >= 0.6 is 0 Å². The van der Waals surface area contributed by atoms with Crippen molar-refractivity contribution in [1.82, 2.24) is 20.1 Å². The Bertz CT molecular complexity index is 608. The van der Waals surface area contributed by atoms with Crippen LogP contribution in [-0.4, -0.2) is 39.3 Å². The van der Waals surface area contributed by atoms with Crippen LogP contribution < -0.4 is 5.32 Å². The van der Waals surface area contributed by atoms with Crippen molar-refractivity contribution in [1.29, 1.82) is 0 Å². The summed E-state index contributed by atoms with van der Waals surface area (Å²) < 4.78 is 1.71. The molecule has 0 aliphatic heterocycles. The van der Waals surface area contributed by atoms with Crippen LogP contribution in [0.25, 0.3) is 5.69 Å². The molecule has 0 saturated heterocycles. The zero-order valence-electron chi connectivity index (χ0n) is 11.2. The molecular formula is C14H14N4O3. The zero-order valence-corrected chi connectivity index (χ0v) is 11.2. The molecule has 1 unspecified atom stereocenters. The molecule has 0 radical (unpaired) electrons. The van der Waals surface area contributed by atoms with E-state index in [0.29, 0.717) is 18.3 Å². The number of nitrogens with zero attached hydrogens (tertiary/aromatic N) is 3. The molecule has 0 aliphatic rings. The molecule has 0 aliphatic carbocycles. The van der Waals surface area contributed by atoms with Gasteiger partial charge in [-0.15, -0.1) is 10.2 Å². The summed E-state index contributed by atoms with van der Waals surface area (Å²) in [6.07, 6.45) is 4.99. The van der Waals surface area contributed by atoms with Crippen LogP contribution in [0.2, 0.25) is 0 Å². The van der Waals surface area contributed by atoms with Gasteiger partial charge in [0.25, 0.3) is 5.91 Å². The third-order valence-corrected chi connectivity index (χ3v) is 2.92. The van der Waals surface area contributed by atoms with Gasteiger partial charge in [0.1, 0.15) is 25.2 Å². The van der Waals surface area contributed by atoms with E-state index in [1.165, 1.54) is 0 Å². The molecule has 2 rings (SSSR count). The summed E-state index contributed by atoms with van der Waals surface area (Å²) in [5.74, 6) is -0.353. The molecule has 1 heterocycles. The van der Waals surface area contributed by atoms with E-state index in [9.17, 15) is 14.4 Å². The van der Waals surface area contributed by atoms with Gasteiger partial charge in [-0.05, 0) is 30.7 Å². The fourth-order valence-electron chi connectivity index (χ4n) is 1.79. The number of carbonyl (C=O) groups is 3. The monoisotopic (exact) mass is 286 g/mol. The predicted molar refractivity (Wildman–Crippen MR) is 74.0 cm³/mol. The standard InChI is InChI=1S/C14H14N4O3/c19-7-1-2-12(8-20)17-14(21)11-3-5-13(6-4-11)18-9-15-16-10-18/h3-10,12H,1-2H2,(H,17,21). The maximum Gasteiger partial charge on any atom is 0.251 e. The van der Waals surface area contributed by atoms with Crippen LogP contribution in [0.1, 0.15) is 23.2 Å². The summed E-state index contributed by atoms with van der Waals surface area (Å²) in [4.78, 5) is 33.1. The van der Waals surface area contributed by atoms with Crippen LogP contribution in [0.4, 0.5) is 0 Å². The lowest BCUT2D eigenvalue weighted by atomic mass is 10.1. The molecule has 108 valence electrons. The molecule has 1 aromatic carbocycles. The van der Waals surface area contributed by atoms with Gasteiger partial charge < -0.3 is 14.9 Å². The summed E-state index contributed by atoms with van der Waals surface area (Å²) in [5, 5.41) is 9.98. The highest BCUT2D eigenvalue weighted by Crippen LogP contribution is 2.09. The van der Waals surface area contributed by atoms with Gasteiger partial charge >= 0.3 is 0 Å². The highest BCUT2D eigenvalue weighted by molar-refractivity contribution is 5.95. The van der Waals surface area contributed by atoms with Gasteiger partial charge in [-0.3, -0.25) is 9.36 Å². The maximum absolute atomic E-state index is 12.0. The van der Waals surface area contributed by atoms with Crippen molar-refractivity contribution in [3.8, 4) is 5.69 Å². The summed E-state index contributed by atoms with van der Waals surface area (Å²) in [6, 6.07) is 6.14. The highest BCUT2D eigenvalue weighted by atomic mass is 16.2. The first-order chi connectivity index (χ1) is 10.2. The highest BCUT2D eigenvalue weighted by Gasteiger charge is 2.12. The van der Waals surface area contributed by atoms with E-state index in [1.807, 2.05) is 0 Å². The lowest BCUT2D eigenvalue weighted by Gasteiger charge is -2.11. The molecule has 0 spiro atoms. The summed E-state index contributed by atoms with van der Waals surface area (Å²) in [7, 11) is 0. The Balaban J connectivity index is 2.02. The average molecular weight is 286 g/mol. The molecule has 1 aromatic heterocycles. The molecule has 0 bridgehead atoms. The van der Waals surface area contributed by atoms with Crippen molar-refractivity contribution in [3.05, 3.63) is 42.5 Å². The zero-order chi connectivity index (χ0) is 15.1. The molecule has 21 heavy (non-hydrogen) atoms. The van der Waals surface area contributed by atoms with Gasteiger partial charge in [0.15, 0.2) is 0 Å². The van der Waals surface area contributed by atoms with Gasteiger partial charge in [0.05, 0.1) is 6.04 Å². The number of carbonyl (C=O) groups excluding carboxylic acids is 3. The van der Waals surface area contributed by atoms with Crippen molar-refractivity contribution in [3.63, 3.8) is 0 Å². The van der Waals surface area contributed by atoms with E-state index in [-0.39, 0.29) is 12.3 Å². The molecule has 2 aromatic rings. The fraction of sp³-hybridized carbons (Fsp3) is 0.214. The van der Waals surface area contributed by atoms with E-state index in [4.69, 9.17) is 0 Å². The van der Waals surface area contributed by atoms with E-state index < -0.39 is 6.04 Å². The molecule has 0 saturated carbocycles. The van der Waals surface area contributed by atoms with Crippen LogP contribution in [0.3, 0.4) is 0 Å². The Kier molecular flexibility index (Phi) is 4.92. The lowest BCUT2D eigenvalue weighted by Crippen LogP contribution is -2.36. The van der Waals surface area contributed by atoms with E-state index in [1.54, 1.807) is 41.5 Å². The first-order valence-electron chi connectivity index (χ1n) is 6.39. The van der Waals surface area contributed by atoms with Gasteiger partial charge in [0, 0.05) is 17.7 Å². The third kappa shape index (κ3) is 3.82. The number of aromatic nitrogens is 3. The van der Waals surface area contributed by atoms with Crippen molar-refractivity contribution in [2.75, 3.05) is 0 Å². The number of aldehydes is 2. The SMILES string of the molecule is O=CCCC(C=O)NC(=O)c1ccc(-n2cnnc2)cc1. The number of benzene rings is 1. The molecular weight excluding hydrogens is 272 g/mol. The molecule has 7 heteroatoms. The van der Waals surface area contributed by atoms with Crippen LogP contribution in [0.15, 0.2) is 36.9 Å². The Morgan fingerprint density at radius 3 is 2.43 bits per heavy atom. The Labute approximate surface area is 121 Å². The van der Waals surface area contributed by atoms with Gasteiger partial charge in [0.2, 0.25) is 0 Å². The molecule has 1 amide bonds. The maximum atomic E-state index is 12.0. The van der Waals surface area contributed by atoms with E-state index >= 15 is 0 Å². The van der Waals surface area contributed by atoms with Gasteiger partial charge in [-0.1, -0.05) is 0 Å². The van der Waals surface area contributed by atoms with E-state index in [0.717, 1.165) is 12.0 Å². The number of nitrogens with one attached hydrogen (secondary N) is 1. The summed E-state index contributed by atoms with van der Waals surface area (Å²) in [6.45, 7) is 0. The Morgan fingerprint density at radius 1 is 1.19 bits per heavy atom. The predicted octanol–water partition coefficient (Wildman–Crippen LogP) is 0.544. The van der Waals surface area contributed by atoms with E-state index in [2.05, 4.69) is 15.5 Å². The minimum Gasteiger partial charge on any atom is -0.343 e. The number of hydrogen-bond acceptors (Lipinski definition) is 5. The number of amides is 1. The smallest absolute Gasteiger partial charge is 0.251 e. The fourth-order valence-corrected chi connectivity index (χ4v) is 1.79. The third-order valence-electron chi connectivity index (χ3n) is 2.92. The Morgan fingerprint density at radius 2 is 1.86 bits per heavy atom. The van der Waals surface area contributed by atoms with Crippen LogP contribution in [0, 0.1) is 0 Å². The summed E-state index contributed by atoms with van der Waals surface area (Å²) in [5.41, 5.74) is 1.26. The van der Waals surface area contributed by atoms with Gasteiger partial charge in [-0.25, -0.2) is 0 Å². The number of hydrogen-bond donors (Lipinski definition) is 1. The minimum absolute atomic E-state index is 0.232. The molecule has 1 atom stereocenters. The molecule has 0 fully saturated rings. The topological polar surface area (TPSA) is 94.0 Å². The van der Waals surface area contributed by atoms with Crippen LogP contribution in [-0.2, 0) is 9.59 Å². The van der Waals surface area contributed by atoms with Crippen LogP contribution in [0.5, 0.6) is 0 Å². The van der Waals surface area contributed by atoms with Crippen molar-refractivity contribution < 1.29 is 14.4 Å². The van der Waals surface area contributed by atoms with Crippen molar-refractivity contribution in [2.45, 2.75) is 18.9 Å².